The van der Waals surface area contributed by atoms with Crippen LogP contribution in [-0.2, 0) is 37.1 Å². The van der Waals surface area contributed by atoms with Gasteiger partial charge in [-0.3, -0.25) is 4.79 Å². The van der Waals surface area contributed by atoms with E-state index in [1.165, 1.54) is 7.11 Å². The van der Waals surface area contributed by atoms with Gasteiger partial charge in [-0.15, -0.1) is 0 Å². The number of methoxy groups -OCH3 is 1. The van der Waals surface area contributed by atoms with Crippen LogP contribution < -0.4 is 10.6 Å². The van der Waals surface area contributed by atoms with Crippen LogP contribution in [0.5, 0.6) is 0 Å². The molecule has 0 fully saturated rings. The highest BCUT2D eigenvalue weighted by atomic mass is 32.2. The third-order valence-electron chi connectivity index (χ3n) is 5.12. The third kappa shape index (κ3) is 9.99. The second-order valence-corrected chi connectivity index (χ2v) is 10.1. The summed E-state index contributed by atoms with van der Waals surface area (Å²) in [6, 6.07) is 6.53. The highest BCUT2D eigenvalue weighted by molar-refractivity contribution is 7.92. The standard InChI is InChI=1S/C23H38N2O6S/c1-5-9-20(10-6-2)32(28,29)17-21(25-23(27)31-14-13-30-4)22(26)24-16-19-12-8-11-18(7-3)15-19/h8,11-12,15,20-21H,5-7,9-10,13-14,16-17H2,1-4H3,(H,24,26)(H,25,27). The Hall–Kier alpha value is -2.13. The fraction of sp³-hybridized carbons (Fsp3) is 0.652. The quantitative estimate of drug-likeness (QED) is 0.381. The number of aryl methyl sites for hydroxylation is 1. The van der Waals surface area contributed by atoms with Crippen LogP contribution in [0.25, 0.3) is 0 Å². The van der Waals surface area contributed by atoms with Gasteiger partial charge < -0.3 is 20.1 Å². The summed E-state index contributed by atoms with van der Waals surface area (Å²) in [5, 5.41) is 4.63. The first-order valence-corrected chi connectivity index (χ1v) is 13.0. The van der Waals surface area contributed by atoms with E-state index in [1.807, 2.05) is 45.0 Å². The Morgan fingerprint density at radius 1 is 1.03 bits per heavy atom. The van der Waals surface area contributed by atoms with Crippen molar-refractivity contribution >= 4 is 21.8 Å². The monoisotopic (exact) mass is 470 g/mol. The molecule has 0 radical (unpaired) electrons. The Kier molecular flexibility index (Phi) is 12.9. The summed E-state index contributed by atoms with van der Waals surface area (Å²) in [6.45, 7) is 6.33. The number of benzene rings is 1. The molecule has 0 heterocycles. The fourth-order valence-electron chi connectivity index (χ4n) is 3.37. The van der Waals surface area contributed by atoms with E-state index in [0.29, 0.717) is 12.8 Å². The number of nitrogens with one attached hydrogen (secondary N) is 2. The predicted octanol–water partition coefficient (Wildman–Crippen LogP) is 2.99. The third-order valence-corrected chi connectivity index (χ3v) is 7.41. The minimum Gasteiger partial charge on any atom is -0.447 e. The van der Waals surface area contributed by atoms with Crippen LogP contribution in [0.4, 0.5) is 4.79 Å². The lowest BCUT2D eigenvalue weighted by Gasteiger charge is -2.22. The van der Waals surface area contributed by atoms with E-state index in [9.17, 15) is 18.0 Å². The van der Waals surface area contributed by atoms with Crippen LogP contribution >= 0.6 is 0 Å². The zero-order valence-electron chi connectivity index (χ0n) is 19.7. The van der Waals surface area contributed by atoms with E-state index in [4.69, 9.17) is 9.47 Å². The van der Waals surface area contributed by atoms with Crippen molar-refractivity contribution < 1.29 is 27.5 Å². The number of ether oxygens (including phenoxy) is 2. The molecule has 2 N–H and O–H groups in total. The molecule has 0 saturated heterocycles. The van der Waals surface area contributed by atoms with Crippen molar-refractivity contribution in [3.63, 3.8) is 0 Å². The summed E-state index contributed by atoms with van der Waals surface area (Å²) in [5.74, 6) is -1.04. The molecule has 0 bridgehead atoms. The molecule has 182 valence electrons. The van der Waals surface area contributed by atoms with E-state index in [0.717, 1.165) is 30.4 Å². The highest BCUT2D eigenvalue weighted by Gasteiger charge is 2.32. The zero-order valence-corrected chi connectivity index (χ0v) is 20.5. The van der Waals surface area contributed by atoms with Gasteiger partial charge >= 0.3 is 6.09 Å². The van der Waals surface area contributed by atoms with E-state index < -0.39 is 38.9 Å². The molecule has 0 spiro atoms. The lowest BCUT2D eigenvalue weighted by atomic mass is 10.1. The molecule has 1 atom stereocenters. The fourth-order valence-corrected chi connectivity index (χ4v) is 5.53. The van der Waals surface area contributed by atoms with Crippen LogP contribution in [-0.4, -0.2) is 57.8 Å². The van der Waals surface area contributed by atoms with Crippen LogP contribution in [0.2, 0.25) is 0 Å². The molecule has 0 aliphatic rings. The smallest absolute Gasteiger partial charge is 0.407 e. The van der Waals surface area contributed by atoms with Gasteiger partial charge in [-0.25, -0.2) is 13.2 Å². The second kappa shape index (κ2) is 14.8. The largest absolute Gasteiger partial charge is 0.447 e. The number of sulfone groups is 1. The van der Waals surface area contributed by atoms with Crippen molar-refractivity contribution in [2.45, 2.75) is 70.7 Å². The lowest BCUT2D eigenvalue weighted by molar-refractivity contribution is -0.122. The average Bonchev–Trinajstić information content (AvgIpc) is 2.77. The molecule has 8 nitrogen and oxygen atoms in total. The Bertz CT molecular complexity index is 806. The molecule has 32 heavy (non-hydrogen) atoms. The number of hydrogen-bond acceptors (Lipinski definition) is 6. The van der Waals surface area contributed by atoms with Gasteiger partial charge in [0.2, 0.25) is 5.91 Å². The second-order valence-electron chi connectivity index (χ2n) is 7.75. The molecule has 9 heteroatoms. The van der Waals surface area contributed by atoms with Crippen molar-refractivity contribution in [1.29, 1.82) is 0 Å². The summed E-state index contributed by atoms with van der Waals surface area (Å²) in [4.78, 5) is 25.0. The molecule has 2 amide bonds. The first-order valence-electron chi connectivity index (χ1n) is 11.3. The van der Waals surface area contributed by atoms with Crippen molar-refractivity contribution in [1.82, 2.24) is 10.6 Å². The number of carbonyl (C=O) groups is 2. The Morgan fingerprint density at radius 2 is 1.69 bits per heavy atom. The van der Waals surface area contributed by atoms with E-state index >= 15 is 0 Å². The molecule has 0 aliphatic heterocycles. The van der Waals surface area contributed by atoms with Gasteiger partial charge in [0.1, 0.15) is 12.6 Å². The van der Waals surface area contributed by atoms with Gasteiger partial charge in [0.05, 0.1) is 17.6 Å². The van der Waals surface area contributed by atoms with E-state index in [2.05, 4.69) is 10.6 Å². The molecular weight excluding hydrogens is 432 g/mol. The van der Waals surface area contributed by atoms with Gasteiger partial charge in [0.15, 0.2) is 9.84 Å². The molecule has 1 unspecified atom stereocenters. The van der Waals surface area contributed by atoms with Crippen molar-refractivity contribution in [2.75, 3.05) is 26.1 Å². The molecule has 0 saturated carbocycles. The van der Waals surface area contributed by atoms with Gasteiger partial charge in [-0.1, -0.05) is 57.9 Å². The van der Waals surface area contributed by atoms with Crippen LogP contribution in [0, 0.1) is 0 Å². The predicted molar refractivity (Wildman–Crippen MR) is 125 cm³/mol. The van der Waals surface area contributed by atoms with Gasteiger partial charge in [0.25, 0.3) is 0 Å². The van der Waals surface area contributed by atoms with E-state index in [-0.39, 0.29) is 19.8 Å². The van der Waals surface area contributed by atoms with Gasteiger partial charge in [-0.05, 0) is 30.4 Å². The van der Waals surface area contributed by atoms with E-state index in [1.54, 1.807) is 0 Å². The molecule has 0 aromatic heterocycles. The zero-order chi connectivity index (χ0) is 24.0. The minimum absolute atomic E-state index is 0.00151. The number of hydrogen-bond donors (Lipinski definition) is 2. The molecular formula is C23H38N2O6S. The Morgan fingerprint density at radius 3 is 2.28 bits per heavy atom. The first-order chi connectivity index (χ1) is 15.3. The van der Waals surface area contributed by atoms with Crippen molar-refractivity contribution in [3.05, 3.63) is 35.4 Å². The summed E-state index contributed by atoms with van der Waals surface area (Å²) in [7, 11) is -2.14. The minimum atomic E-state index is -3.61. The van der Waals surface area contributed by atoms with Crippen LogP contribution in [0.15, 0.2) is 24.3 Å². The number of amides is 2. The number of carbonyl (C=O) groups excluding carboxylic acids is 2. The maximum absolute atomic E-state index is 13.0. The topological polar surface area (TPSA) is 111 Å². The van der Waals surface area contributed by atoms with Crippen LogP contribution in [0.3, 0.4) is 0 Å². The maximum Gasteiger partial charge on any atom is 0.407 e. The molecule has 1 aromatic carbocycles. The van der Waals surface area contributed by atoms with Crippen molar-refractivity contribution in [3.8, 4) is 0 Å². The normalized spacial score (nSPS) is 12.4. The van der Waals surface area contributed by atoms with Crippen LogP contribution in [0.1, 0.15) is 57.6 Å². The maximum atomic E-state index is 13.0. The van der Waals surface area contributed by atoms with Gasteiger partial charge in [0, 0.05) is 13.7 Å². The number of rotatable bonds is 15. The highest BCUT2D eigenvalue weighted by Crippen LogP contribution is 2.17. The molecule has 1 aromatic rings. The lowest BCUT2D eigenvalue weighted by Crippen LogP contribution is -2.51. The number of alkyl carbamates (subject to hydrolysis) is 1. The first kappa shape index (κ1) is 27.9. The average molecular weight is 471 g/mol. The summed E-state index contributed by atoms with van der Waals surface area (Å²) < 4.78 is 35.9. The summed E-state index contributed by atoms with van der Waals surface area (Å²) in [6.07, 6.45) is 2.50. The molecule has 0 aliphatic carbocycles. The summed E-state index contributed by atoms with van der Waals surface area (Å²) >= 11 is 0. The van der Waals surface area contributed by atoms with Crippen molar-refractivity contribution in [2.24, 2.45) is 0 Å². The van der Waals surface area contributed by atoms with Gasteiger partial charge in [-0.2, -0.15) is 0 Å². The SMILES string of the molecule is CCCC(CCC)S(=O)(=O)CC(NC(=O)OCCOC)C(=O)NCc1cccc(CC)c1. The Balaban J connectivity index is 2.94. The molecule has 1 rings (SSSR count). The Labute approximate surface area is 192 Å². The summed E-state index contributed by atoms with van der Waals surface area (Å²) in [5.41, 5.74) is 2.04.